The number of amides is 2. The second kappa shape index (κ2) is 9.90. The summed E-state index contributed by atoms with van der Waals surface area (Å²) < 4.78 is 4.75. The van der Waals surface area contributed by atoms with Crippen LogP contribution in [0.1, 0.15) is 48.1 Å². The highest BCUT2D eigenvalue weighted by Crippen LogP contribution is 2.37. The first-order chi connectivity index (χ1) is 15.6. The second-order valence-electron chi connectivity index (χ2n) is 8.30. The van der Waals surface area contributed by atoms with E-state index in [1.807, 2.05) is 24.0 Å². The van der Waals surface area contributed by atoms with Gasteiger partial charge >= 0.3 is 12.0 Å². The molecular formula is C26H31N3O3. The van der Waals surface area contributed by atoms with Crippen LogP contribution in [0.5, 0.6) is 0 Å². The fourth-order valence-corrected chi connectivity index (χ4v) is 4.71. The van der Waals surface area contributed by atoms with Crippen molar-refractivity contribution in [3.63, 3.8) is 0 Å². The highest BCUT2D eigenvalue weighted by molar-refractivity contribution is 5.83. The predicted octanol–water partition coefficient (Wildman–Crippen LogP) is 4.54. The fourth-order valence-electron chi connectivity index (χ4n) is 4.71. The Kier molecular flexibility index (Phi) is 6.78. The molecule has 0 aliphatic heterocycles. The van der Waals surface area contributed by atoms with Crippen LogP contribution in [0.15, 0.2) is 48.7 Å². The number of aromatic nitrogens is 1. The van der Waals surface area contributed by atoms with E-state index in [1.54, 1.807) is 0 Å². The number of nitrogens with zero attached hydrogens (tertiary/aromatic N) is 1. The number of aryl methyl sites for hydroxylation is 2. The summed E-state index contributed by atoms with van der Waals surface area (Å²) in [6.07, 6.45) is 5.76. The van der Waals surface area contributed by atoms with Crippen molar-refractivity contribution in [2.75, 3.05) is 20.2 Å². The van der Waals surface area contributed by atoms with Gasteiger partial charge in [0.15, 0.2) is 0 Å². The molecule has 0 spiro atoms. The first-order valence-electron chi connectivity index (χ1n) is 11.4. The zero-order valence-electron chi connectivity index (χ0n) is 18.8. The van der Waals surface area contributed by atoms with Crippen molar-refractivity contribution in [2.45, 2.75) is 45.1 Å². The number of methoxy groups -OCH3 is 1. The summed E-state index contributed by atoms with van der Waals surface area (Å²) in [6, 6.07) is 14.7. The summed E-state index contributed by atoms with van der Waals surface area (Å²) in [5.41, 5.74) is 5.98. The van der Waals surface area contributed by atoms with E-state index in [-0.39, 0.29) is 18.0 Å². The Hall–Kier alpha value is -3.28. The second-order valence-corrected chi connectivity index (χ2v) is 8.30. The number of carbonyl (C=O) groups is 2. The molecule has 0 bridgehead atoms. The Labute approximate surface area is 188 Å². The van der Waals surface area contributed by atoms with Gasteiger partial charge in [0.05, 0.1) is 13.2 Å². The number of carbonyl (C=O) groups excluding carboxylic acids is 2. The molecule has 32 heavy (non-hydrogen) atoms. The van der Waals surface area contributed by atoms with Crippen LogP contribution in [-0.2, 0) is 28.8 Å². The lowest BCUT2D eigenvalue weighted by atomic mass is 10.0. The number of hydrogen-bond acceptors (Lipinski definition) is 3. The number of para-hydroxylation sites is 1. The summed E-state index contributed by atoms with van der Waals surface area (Å²) in [5, 5.41) is 4.21. The van der Waals surface area contributed by atoms with Gasteiger partial charge in [0, 0.05) is 36.6 Å². The molecule has 1 aliphatic rings. The van der Waals surface area contributed by atoms with Gasteiger partial charge in [-0.25, -0.2) is 4.79 Å². The molecule has 6 heteroatoms. The van der Waals surface area contributed by atoms with Gasteiger partial charge in [-0.3, -0.25) is 4.79 Å². The number of benzene rings is 2. The van der Waals surface area contributed by atoms with Gasteiger partial charge in [-0.1, -0.05) is 36.4 Å². The molecule has 1 aromatic heterocycles. The van der Waals surface area contributed by atoms with Crippen molar-refractivity contribution in [2.24, 2.45) is 0 Å². The van der Waals surface area contributed by atoms with E-state index in [4.69, 9.17) is 4.74 Å². The Bertz CT molecular complexity index is 1100. The fraction of sp³-hybridized carbons (Fsp3) is 0.385. The number of fused-ring (bicyclic) bond motifs is 2. The van der Waals surface area contributed by atoms with Gasteiger partial charge in [-0.2, -0.15) is 0 Å². The lowest BCUT2D eigenvalue weighted by molar-refractivity contribution is -0.140. The van der Waals surface area contributed by atoms with Crippen LogP contribution in [0.3, 0.4) is 0 Å². The number of ether oxygens (including phenoxy) is 1. The highest BCUT2D eigenvalue weighted by Gasteiger charge is 2.31. The number of hydrogen-bond donors (Lipinski definition) is 2. The first-order valence-corrected chi connectivity index (χ1v) is 11.4. The first kappa shape index (κ1) is 21.9. The van der Waals surface area contributed by atoms with Gasteiger partial charge in [0.1, 0.15) is 0 Å². The summed E-state index contributed by atoms with van der Waals surface area (Å²) in [7, 11) is 1.42. The monoisotopic (exact) mass is 433 g/mol. The van der Waals surface area contributed by atoms with E-state index in [0.29, 0.717) is 25.9 Å². The SMILES string of the molecule is CCNC(=O)N(CCc1c[nH]c2ccccc12)C1CCc2cc(CCC(=O)OC)ccc21. The molecule has 1 unspecified atom stereocenters. The summed E-state index contributed by atoms with van der Waals surface area (Å²) >= 11 is 0. The maximum absolute atomic E-state index is 13.0. The summed E-state index contributed by atoms with van der Waals surface area (Å²) in [5.74, 6) is -0.192. The average molecular weight is 434 g/mol. The van der Waals surface area contributed by atoms with Crippen molar-refractivity contribution in [3.8, 4) is 0 Å². The normalized spacial score (nSPS) is 14.9. The smallest absolute Gasteiger partial charge is 0.317 e. The quantitative estimate of drug-likeness (QED) is 0.513. The molecule has 1 heterocycles. The van der Waals surface area contributed by atoms with E-state index in [9.17, 15) is 9.59 Å². The van der Waals surface area contributed by atoms with Gasteiger partial charge in [0.2, 0.25) is 0 Å². The maximum atomic E-state index is 13.0. The number of aromatic amines is 1. The molecule has 1 aliphatic carbocycles. The van der Waals surface area contributed by atoms with E-state index in [1.165, 1.54) is 29.2 Å². The van der Waals surface area contributed by atoms with Crippen molar-refractivity contribution in [1.82, 2.24) is 15.2 Å². The predicted molar refractivity (Wildman–Crippen MR) is 126 cm³/mol. The average Bonchev–Trinajstić information content (AvgIpc) is 3.42. The number of urea groups is 1. The van der Waals surface area contributed by atoms with Crippen molar-refractivity contribution >= 4 is 22.9 Å². The minimum Gasteiger partial charge on any atom is -0.469 e. The van der Waals surface area contributed by atoms with Crippen LogP contribution < -0.4 is 5.32 Å². The lowest BCUT2D eigenvalue weighted by Crippen LogP contribution is -2.42. The number of nitrogens with one attached hydrogen (secondary N) is 2. The van der Waals surface area contributed by atoms with E-state index in [2.05, 4.69) is 46.8 Å². The van der Waals surface area contributed by atoms with Crippen LogP contribution in [0.4, 0.5) is 4.79 Å². The molecule has 0 saturated carbocycles. The molecule has 3 aromatic rings. The zero-order chi connectivity index (χ0) is 22.5. The molecule has 1 atom stereocenters. The third kappa shape index (κ3) is 4.64. The van der Waals surface area contributed by atoms with Gasteiger partial charge in [-0.05, 0) is 60.9 Å². The summed E-state index contributed by atoms with van der Waals surface area (Å²) in [6.45, 7) is 3.21. The minimum atomic E-state index is -0.192. The molecule has 2 aromatic carbocycles. The molecule has 2 N–H and O–H groups in total. The Morgan fingerprint density at radius 2 is 2.03 bits per heavy atom. The number of esters is 1. The number of H-pyrrole nitrogens is 1. The minimum absolute atomic E-state index is 0.0139. The number of rotatable bonds is 8. The van der Waals surface area contributed by atoms with Crippen LogP contribution in [0, 0.1) is 0 Å². The molecule has 0 radical (unpaired) electrons. The molecule has 0 fully saturated rings. The Morgan fingerprint density at radius 1 is 1.19 bits per heavy atom. The third-order valence-corrected chi connectivity index (χ3v) is 6.36. The lowest BCUT2D eigenvalue weighted by Gasteiger charge is -2.30. The van der Waals surface area contributed by atoms with Crippen LogP contribution in [0.2, 0.25) is 0 Å². The van der Waals surface area contributed by atoms with E-state index < -0.39 is 0 Å². The van der Waals surface area contributed by atoms with Gasteiger partial charge < -0.3 is 19.9 Å². The zero-order valence-corrected chi connectivity index (χ0v) is 18.8. The van der Waals surface area contributed by atoms with Crippen LogP contribution >= 0.6 is 0 Å². The van der Waals surface area contributed by atoms with Crippen molar-refractivity contribution < 1.29 is 14.3 Å². The van der Waals surface area contributed by atoms with Crippen molar-refractivity contribution in [1.29, 1.82) is 0 Å². The van der Waals surface area contributed by atoms with Crippen LogP contribution in [-0.4, -0.2) is 42.1 Å². The van der Waals surface area contributed by atoms with Crippen molar-refractivity contribution in [3.05, 3.63) is 70.9 Å². The standard InChI is InChI=1S/C26H31N3O3/c1-3-27-26(31)29(15-14-20-17-28-23-7-5-4-6-21(20)23)24-12-10-19-16-18(8-11-22(19)24)9-13-25(30)32-2/h4-8,11,16-17,24,28H,3,9-10,12-15H2,1-2H3,(H,27,31). The largest absolute Gasteiger partial charge is 0.469 e. The van der Waals surface area contributed by atoms with Crippen LogP contribution in [0.25, 0.3) is 10.9 Å². The Morgan fingerprint density at radius 3 is 2.84 bits per heavy atom. The molecule has 6 nitrogen and oxygen atoms in total. The summed E-state index contributed by atoms with van der Waals surface area (Å²) in [4.78, 5) is 29.8. The van der Waals surface area contributed by atoms with E-state index in [0.717, 1.165) is 30.3 Å². The van der Waals surface area contributed by atoms with Gasteiger partial charge in [-0.15, -0.1) is 0 Å². The Balaban J connectivity index is 1.51. The van der Waals surface area contributed by atoms with Gasteiger partial charge in [0.25, 0.3) is 0 Å². The molecular weight excluding hydrogens is 402 g/mol. The maximum Gasteiger partial charge on any atom is 0.317 e. The highest BCUT2D eigenvalue weighted by atomic mass is 16.5. The molecule has 2 amide bonds. The van der Waals surface area contributed by atoms with E-state index >= 15 is 0 Å². The molecule has 0 saturated heterocycles. The molecule has 4 rings (SSSR count). The topological polar surface area (TPSA) is 74.4 Å². The third-order valence-electron chi connectivity index (χ3n) is 6.36. The molecule has 168 valence electrons.